The van der Waals surface area contributed by atoms with Crippen molar-refractivity contribution in [1.29, 1.82) is 0 Å². The highest BCUT2D eigenvalue weighted by Crippen LogP contribution is 2.66. The minimum Gasteiger partial charge on any atom is -0.459 e. The van der Waals surface area contributed by atoms with Crippen LogP contribution in [0.25, 0.3) is 0 Å². The molecule has 0 aromatic rings. The Morgan fingerprint density at radius 3 is 2.39 bits per heavy atom. The second-order valence-corrected chi connectivity index (χ2v) is 7.61. The van der Waals surface area contributed by atoms with Gasteiger partial charge in [0.1, 0.15) is 6.10 Å². The quantitative estimate of drug-likeness (QED) is 0.589. The molecule has 2 bridgehead atoms. The smallest absolute Gasteiger partial charge is 0.330 e. The van der Waals surface area contributed by atoms with Gasteiger partial charge in [0, 0.05) is 24.5 Å². The van der Waals surface area contributed by atoms with Crippen LogP contribution < -0.4 is 0 Å². The molecule has 1 aliphatic heterocycles. The third kappa shape index (κ3) is 3.08. The lowest BCUT2D eigenvalue weighted by molar-refractivity contribution is -0.150. The highest BCUT2D eigenvalue weighted by Gasteiger charge is 2.62. The Morgan fingerprint density at radius 2 is 2.04 bits per heavy atom. The molecule has 0 radical (unpaired) electrons. The Morgan fingerprint density at radius 1 is 1.35 bits per heavy atom. The van der Waals surface area contributed by atoms with E-state index in [1.54, 1.807) is 11.1 Å². The van der Waals surface area contributed by atoms with Crippen LogP contribution >= 0.6 is 0 Å². The van der Waals surface area contributed by atoms with Crippen molar-refractivity contribution in [1.82, 2.24) is 4.90 Å². The molecule has 4 heteroatoms. The average molecular weight is 319 g/mol. The Kier molecular flexibility index (Phi) is 5.02. The van der Waals surface area contributed by atoms with Gasteiger partial charge in [-0.05, 0) is 43.2 Å². The fourth-order valence-electron chi connectivity index (χ4n) is 4.36. The molecular weight excluding hydrogens is 290 g/mol. The predicted molar refractivity (Wildman–Crippen MR) is 90.5 cm³/mol. The summed E-state index contributed by atoms with van der Waals surface area (Å²) in [6, 6.07) is 0. The monoisotopic (exact) mass is 319 g/mol. The molecule has 2 saturated carbocycles. The molecule has 23 heavy (non-hydrogen) atoms. The SMILES string of the molecule is C=CC(=O)OC1CC2CCC1(C)C2(C)C.C=CN1CCCC1=O. The van der Waals surface area contributed by atoms with E-state index in [9.17, 15) is 9.59 Å². The van der Waals surface area contributed by atoms with Gasteiger partial charge in [-0.3, -0.25) is 4.79 Å². The lowest BCUT2D eigenvalue weighted by Crippen LogP contribution is -2.38. The lowest BCUT2D eigenvalue weighted by atomic mass is 9.70. The van der Waals surface area contributed by atoms with Gasteiger partial charge in [-0.25, -0.2) is 4.79 Å². The minimum atomic E-state index is -0.274. The number of hydrogen-bond acceptors (Lipinski definition) is 3. The highest BCUT2D eigenvalue weighted by molar-refractivity contribution is 5.81. The first kappa shape index (κ1) is 17.8. The van der Waals surface area contributed by atoms with Crippen molar-refractivity contribution < 1.29 is 14.3 Å². The second-order valence-electron chi connectivity index (χ2n) is 7.61. The predicted octanol–water partition coefficient (Wildman–Crippen LogP) is 3.68. The van der Waals surface area contributed by atoms with Crippen molar-refractivity contribution >= 4 is 11.9 Å². The Hall–Kier alpha value is -1.58. The third-order valence-corrected chi connectivity index (χ3v) is 6.47. The van der Waals surface area contributed by atoms with Crippen LogP contribution in [0.15, 0.2) is 25.4 Å². The van der Waals surface area contributed by atoms with Crippen LogP contribution in [-0.2, 0) is 14.3 Å². The fraction of sp³-hybridized carbons (Fsp3) is 0.684. The molecule has 3 aliphatic rings. The first-order valence-corrected chi connectivity index (χ1v) is 8.51. The van der Waals surface area contributed by atoms with E-state index < -0.39 is 0 Å². The van der Waals surface area contributed by atoms with E-state index in [0.29, 0.717) is 17.8 Å². The van der Waals surface area contributed by atoms with E-state index in [1.165, 1.54) is 18.9 Å². The zero-order valence-corrected chi connectivity index (χ0v) is 14.6. The number of hydrogen-bond donors (Lipinski definition) is 0. The number of likely N-dealkylation sites (tertiary alicyclic amines) is 1. The highest BCUT2D eigenvalue weighted by atomic mass is 16.5. The molecule has 3 rings (SSSR count). The summed E-state index contributed by atoms with van der Waals surface area (Å²) in [5.41, 5.74) is 0.468. The maximum atomic E-state index is 11.3. The third-order valence-electron chi connectivity index (χ3n) is 6.47. The Balaban J connectivity index is 0.000000203. The van der Waals surface area contributed by atoms with E-state index in [1.807, 2.05) is 0 Å². The van der Waals surface area contributed by atoms with Crippen molar-refractivity contribution in [2.45, 2.75) is 59.0 Å². The van der Waals surface area contributed by atoms with E-state index in [2.05, 4.69) is 33.9 Å². The van der Waals surface area contributed by atoms with Gasteiger partial charge in [-0.15, -0.1) is 0 Å². The van der Waals surface area contributed by atoms with Gasteiger partial charge < -0.3 is 9.64 Å². The molecule has 0 aromatic carbocycles. The number of ether oxygens (including phenoxy) is 1. The van der Waals surface area contributed by atoms with Gasteiger partial charge in [0.15, 0.2) is 0 Å². The van der Waals surface area contributed by atoms with Gasteiger partial charge in [-0.1, -0.05) is 33.9 Å². The molecule has 0 spiro atoms. The summed E-state index contributed by atoms with van der Waals surface area (Å²) in [6.07, 6.45) is 8.14. The summed E-state index contributed by atoms with van der Waals surface area (Å²) in [6.45, 7) is 14.7. The number of nitrogens with zero attached hydrogens (tertiary/aromatic N) is 1. The molecule has 0 N–H and O–H groups in total. The van der Waals surface area contributed by atoms with Crippen LogP contribution in [0.1, 0.15) is 52.9 Å². The zero-order valence-electron chi connectivity index (χ0n) is 14.6. The van der Waals surface area contributed by atoms with Gasteiger partial charge in [-0.2, -0.15) is 0 Å². The molecule has 3 atom stereocenters. The van der Waals surface area contributed by atoms with E-state index in [4.69, 9.17) is 4.74 Å². The number of carbonyl (C=O) groups is 2. The Labute approximate surface area is 139 Å². The summed E-state index contributed by atoms with van der Waals surface area (Å²) >= 11 is 0. The standard InChI is InChI=1S/C13H20O2.C6H9NO/c1-5-11(14)15-10-8-9-6-7-13(10,4)12(9,2)3;1-2-7-5-3-4-6(7)8/h5,9-10H,1,6-8H2,2-4H3;2H,1,3-5H2. The molecule has 1 amide bonds. The molecule has 1 heterocycles. The van der Waals surface area contributed by atoms with Crippen LogP contribution in [0.2, 0.25) is 0 Å². The van der Waals surface area contributed by atoms with Gasteiger partial charge in [0.2, 0.25) is 5.91 Å². The summed E-state index contributed by atoms with van der Waals surface area (Å²) in [4.78, 5) is 23.6. The van der Waals surface area contributed by atoms with Crippen molar-refractivity contribution in [3.05, 3.63) is 25.4 Å². The molecule has 3 unspecified atom stereocenters. The topological polar surface area (TPSA) is 46.6 Å². The van der Waals surface area contributed by atoms with Gasteiger partial charge >= 0.3 is 5.97 Å². The summed E-state index contributed by atoms with van der Waals surface area (Å²) in [5, 5.41) is 0. The van der Waals surface area contributed by atoms with E-state index >= 15 is 0 Å². The lowest BCUT2D eigenvalue weighted by Gasteiger charge is -2.38. The summed E-state index contributed by atoms with van der Waals surface area (Å²) in [5.74, 6) is 0.648. The summed E-state index contributed by atoms with van der Waals surface area (Å²) in [7, 11) is 0. The molecule has 4 nitrogen and oxygen atoms in total. The largest absolute Gasteiger partial charge is 0.459 e. The van der Waals surface area contributed by atoms with Crippen LogP contribution in [-0.4, -0.2) is 29.4 Å². The normalized spacial score (nSPS) is 33.9. The Bertz CT molecular complexity index is 511. The van der Waals surface area contributed by atoms with Crippen molar-refractivity contribution in [2.75, 3.05) is 6.54 Å². The molecule has 1 saturated heterocycles. The number of rotatable bonds is 3. The second kappa shape index (κ2) is 6.50. The molecule has 2 aliphatic carbocycles. The minimum absolute atomic E-state index is 0.0942. The molecule has 3 fully saturated rings. The van der Waals surface area contributed by atoms with Crippen molar-refractivity contribution in [2.24, 2.45) is 16.7 Å². The van der Waals surface area contributed by atoms with E-state index in [0.717, 1.165) is 19.4 Å². The van der Waals surface area contributed by atoms with Crippen molar-refractivity contribution in [3.8, 4) is 0 Å². The van der Waals surface area contributed by atoms with Gasteiger partial charge in [0.25, 0.3) is 0 Å². The zero-order chi connectivity index (χ0) is 17.3. The first-order chi connectivity index (χ1) is 10.8. The number of amides is 1. The molecular formula is C19H29NO3. The van der Waals surface area contributed by atoms with Crippen LogP contribution in [0.4, 0.5) is 0 Å². The molecule has 0 aromatic heterocycles. The van der Waals surface area contributed by atoms with Crippen LogP contribution in [0, 0.1) is 16.7 Å². The van der Waals surface area contributed by atoms with E-state index in [-0.39, 0.29) is 23.4 Å². The maximum Gasteiger partial charge on any atom is 0.330 e. The maximum absolute atomic E-state index is 11.3. The summed E-state index contributed by atoms with van der Waals surface area (Å²) < 4.78 is 5.48. The van der Waals surface area contributed by atoms with Crippen molar-refractivity contribution in [3.63, 3.8) is 0 Å². The van der Waals surface area contributed by atoms with Crippen LogP contribution in [0.5, 0.6) is 0 Å². The van der Waals surface area contributed by atoms with Gasteiger partial charge in [0.05, 0.1) is 0 Å². The average Bonchev–Trinajstić information content (AvgIpc) is 3.08. The fourth-order valence-corrected chi connectivity index (χ4v) is 4.36. The van der Waals surface area contributed by atoms with Crippen LogP contribution in [0.3, 0.4) is 0 Å². The number of fused-ring (bicyclic) bond motifs is 2. The first-order valence-electron chi connectivity index (χ1n) is 8.51. The molecule has 128 valence electrons. The number of esters is 1. The number of carbonyl (C=O) groups excluding carboxylic acids is 2.